The maximum Gasteiger partial charge on any atom is 0.219 e. The molecule has 0 bridgehead atoms. The summed E-state index contributed by atoms with van der Waals surface area (Å²) in [5, 5.41) is 48.8. The first-order chi connectivity index (χ1) is 7.32. The Balaban J connectivity index is 2.90. The predicted octanol–water partition coefficient (Wildman–Crippen LogP) is -3.76. The van der Waals surface area contributed by atoms with Crippen molar-refractivity contribution in [3.63, 3.8) is 0 Å². The van der Waals surface area contributed by atoms with Crippen LogP contribution in [-0.2, 0) is 9.53 Å². The van der Waals surface area contributed by atoms with E-state index >= 15 is 0 Å². The standard InChI is InChI=1S/C8H15NO7/c1-3(11)9-8(15)6(13)5(12)4(2-10)16-7(8)14/h4-7,10,12-15H,2H2,1H3,(H,9,11)/t4-,5+,6-,7?,8-/m1/s1. The smallest absolute Gasteiger partial charge is 0.219 e. The number of ether oxygens (including phenoxy) is 1. The molecule has 0 aromatic carbocycles. The van der Waals surface area contributed by atoms with E-state index in [2.05, 4.69) is 4.74 Å². The SMILES string of the molecule is CC(=O)N[C@]1(O)C(O)O[C@H](CO)[C@H](O)[C@H]1O. The number of nitrogens with one attached hydrogen (secondary N) is 1. The monoisotopic (exact) mass is 237 g/mol. The lowest BCUT2D eigenvalue weighted by Crippen LogP contribution is -2.73. The van der Waals surface area contributed by atoms with Crippen LogP contribution in [0.2, 0.25) is 0 Å². The van der Waals surface area contributed by atoms with E-state index in [0.717, 1.165) is 6.92 Å². The van der Waals surface area contributed by atoms with Crippen molar-refractivity contribution in [2.24, 2.45) is 0 Å². The van der Waals surface area contributed by atoms with Crippen LogP contribution in [0.1, 0.15) is 6.92 Å². The number of aliphatic hydroxyl groups excluding tert-OH is 4. The van der Waals surface area contributed by atoms with Gasteiger partial charge in [-0.05, 0) is 0 Å². The van der Waals surface area contributed by atoms with Crippen LogP contribution in [0.25, 0.3) is 0 Å². The van der Waals surface area contributed by atoms with Crippen molar-refractivity contribution >= 4 is 5.91 Å². The molecule has 1 saturated heterocycles. The number of amides is 1. The number of rotatable bonds is 2. The van der Waals surface area contributed by atoms with Gasteiger partial charge in [0.05, 0.1) is 6.61 Å². The molecule has 0 saturated carbocycles. The van der Waals surface area contributed by atoms with Crippen LogP contribution in [0.15, 0.2) is 0 Å². The Labute approximate surface area is 91.1 Å². The number of hydrogen-bond acceptors (Lipinski definition) is 7. The fourth-order valence-corrected chi connectivity index (χ4v) is 1.53. The number of hydrogen-bond donors (Lipinski definition) is 6. The van der Waals surface area contributed by atoms with Gasteiger partial charge in [0.2, 0.25) is 17.9 Å². The van der Waals surface area contributed by atoms with Gasteiger partial charge in [0, 0.05) is 6.92 Å². The molecule has 1 amide bonds. The molecular weight excluding hydrogens is 222 g/mol. The van der Waals surface area contributed by atoms with Gasteiger partial charge in [0.15, 0.2) is 0 Å². The third-order valence-corrected chi connectivity index (χ3v) is 2.39. The van der Waals surface area contributed by atoms with Crippen LogP contribution >= 0.6 is 0 Å². The van der Waals surface area contributed by atoms with Gasteiger partial charge in [-0.3, -0.25) is 4.79 Å². The highest BCUT2D eigenvalue weighted by atomic mass is 16.6. The van der Waals surface area contributed by atoms with Crippen molar-refractivity contribution in [2.45, 2.75) is 37.3 Å². The summed E-state index contributed by atoms with van der Waals surface area (Å²) >= 11 is 0. The first-order valence-corrected chi connectivity index (χ1v) is 4.64. The van der Waals surface area contributed by atoms with Gasteiger partial charge in [0.1, 0.15) is 18.3 Å². The van der Waals surface area contributed by atoms with E-state index in [-0.39, 0.29) is 0 Å². The normalized spacial score (nSPS) is 44.1. The Morgan fingerprint density at radius 3 is 2.44 bits per heavy atom. The molecule has 8 heteroatoms. The quantitative estimate of drug-likeness (QED) is 0.271. The second kappa shape index (κ2) is 4.62. The Kier molecular flexibility index (Phi) is 3.84. The molecule has 0 spiro atoms. The first kappa shape index (κ1) is 13.3. The molecule has 0 aromatic heterocycles. The molecule has 0 aliphatic carbocycles. The summed E-state index contributed by atoms with van der Waals surface area (Å²) in [4.78, 5) is 10.8. The van der Waals surface area contributed by atoms with Crippen LogP contribution in [0, 0.1) is 0 Å². The number of carbonyl (C=O) groups excluding carboxylic acids is 1. The van der Waals surface area contributed by atoms with Crippen molar-refractivity contribution in [3.8, 4) is 0 Å². The highest BCUT2D eigenvalue weighted by molar-refractivity contribution is 5.73. The highest BCUT2D eigenvalue weighted by Gasteiger charge is 2.55. The molecule has 8 nitrogen and oxygen atoms in total. The molecule has 1 fully saturated rings. The second-order valence-corrected chi connectivity index (χ2v) is 3.65. The van der Waals surface area contributed by atoms with Crippen LogP contribution in [0.5, 0.6) is 0 Å². The van der Waals surface area contributed by atoms with E-state index in [1.165, 1.54) is 0 Å². The summed E-state index contributed by atoms with van der Waals surface area (Å²) in [5.41, 5.74) is -2.50. The lowest BCUT2D eigenvalue weighted by molar-refractivity contribution is -0.335. The summed E-state index contributed by atoms with van der Waals surface area (Å²) in [6, 6.07) is 0. The molecule has 1 rings (SSSR count). The largest absolute Gasteiger partial charge is 0.394 e. The van der Waals surface area contributed by atoms with E-state index in [1.54, 1.807) is 0 Å². The van der Waals surface area contributed by atoms with E-state index in [0.29, 0.717) is 0 Å². The lowest BCUT2D eigenvalue weighted by atomic mass is 9.93. The van der Waals surface area contributed by atoms with Gasteiger partial charge in [0.25, 0.3) is 0 Å². The molecular formula is C8H15NO7. The number of carbonyl (C=O) groups is 1. The highest BCUT2D eigenvalue weighted by Crippen LogP contribution is 2.26. The van der Waals surface area contributed by atoms with Crippen LogP contribution in [0.4, 0.5) is 0 Å². The lowest BCUT2D eigenvalue weighted by Gasteiger charge is -2.45. The maximum absolute atomic E-state index is 10.8. The van der Waals surface area contributed by atoms with Gasteiger partial charge in [-0.1, -0.05) is 0 Å². The van der Waals surface area contributed by atoms with Crippen molar-refractivity contribution < 1.29 is 35.1 Å². The van der Waals surface area contributed by atoms with Crippen molar-refractivity contribution in [3.05, 3.63) is 0 Å². The van der Waals surface area contributed by atoms with Gasteiger partial charge < -0.3 is 35.6 Å². The summed E-state index contributed by atoms with van der Waals surface area (Å²) in [6.45, 7) is 0.410. The molecule has 0 radical (unpaired) electrons. The molecule has 1 aliphatic rings. The maximum atomic E-state index is 10.8. The zero-order chi connectivity index (χ0) is 12.5. The van der Waals surface area contributed by atoms with E-state index < -0.39 is 42.8 Å². The minimum atomic E-state index is -2.50. The van der Waals surface area contributed by atoms with E-state index in [1.807, 2.05) is 5.32 Å². The van der Waals surface area contributed by atoms with Crippen molar-refractivity contribution in [2.75, 3.05) is 6.61 Å². The van der Waals surface area contributed by atoms with Gasteiger partial charge >= 0.3 is 0 Å². The molecule has 1 heterocycles. The van der Waals surface area contributed by atoms with Crippen molar-refractivity contribution in [1.29, 1.82) is 0 Å². The topological polar surface area (TPSA) is 139 Å². The summed E-state index contributed by atoms with van der Waals surface area (Å²) < 4.78 is 4.67. The molecule has 0 aromatic rings. The Bertz CT molecular complexity index is 273. The van der Waals surface area contributed by atoms with Gasteiger partial charge in [-0.15, -0.1) is 0 Å². The second-order valence-electron chi connectivity index (χ2n) is 3.65. The Morgan fingerprint density at radius 1 is 1.44 bits per heavy atom. The van der Waals surface area contributed by atoms with Crippen LogP contribution < -0.4 is 5.32 Å². The van der Waals surface area contributed by atoms with Gasteiger partial charge in [-0.25, -0.2) is 0 Å². The molecule has 94 valence electrons. The molecule has 6 N–H and O–H groups in total. The Hall–Kier alpha value is -0.770. The first-order valence-electron chi connectivity index (χ1n) is 4.64. The summed E-state index contributed by atoms with van der Waals surface area (Å²) in [7, 11) is 0. The Morgan fingerprint density at radius 2 is 2.00 bits per heavy atom. The van der Waals surface area contributed by atoms with Gasteiger partial charge in [-0.2, -0.15) is 0 Å². The number of aliphatic hydroxyl groups is 5. The average Bonchev–Trinajstić information content (AvgIpc) is 2.20. The predicted molar refractivity (Wildman–Crippen MR) is 48.7 cm³/mol. The third kappa shape index (κ3) is 2.17. The fourth-order valence-electron chi connectivity index (χ4n) is 1.53. The average molecular weight is 237 g/mol. The molecule has 5 atom stereocenters. The van der Waals surface area contributed by atoms with E-state index in [9.17, 15) is 25.2 Å². The zero-order valence-electron chi connectivity index (χ0n) is 8.57. The summed E-state index contributed by atoms with van der Waals surface area (Å²) in [5.74, 6) is -0.723. The van der Waals surface area contributed by atoms with Crippen LogP contribution in [-0.4, -0.2) is 68.4 Å². The minimum Gasteiger partial charge on any atom is -0.394 e. The molecule has 1 aliphatic heterocycles. The summed E-state index contributed by atoms with van der Waals surface area (Å²) in [6.07, 6.45) is -6.70. The zero-order valence-corrected chi connectivity index (χ0v) is 8.57. The fraction of sp³-hybridized carbons (Fsp3) is 0.875. The van der Waals surface area contributed by atoms with Crippen molar-refractivity contribution in [1.82, 2.24) is 5.32 Å². The molecule has 1 unspecified atom stereocenters. The third-order valence-electron chi connectivity index (χ3n) is 2.39. The van der Waals surface area contributed by atoms with E-state index in [4.69, 9.17) is 5.11 Å². The van der Waals surface area contributed by atoms with Crippen LogP contribution in [0.3, 0.4) is 0 Å². The minimum absolute atomic E-state index is 0.647. The molecule has 16 heavy (non-hydrogen) atoms.